The van der Waals surface area contributed by atoms with Crippen LogP contribution in [0.4, 0.5) is 0 Å². The summed E-state index contributed by atoms with van der Waals surface area (Å²) in [6, 6.07) is 5.75. The Bertz CT molecular complexity index is 593. The molecule has 0 bridgehead atoms. The smallest absolute Gasteiger partial charge is 0.0669 e. The highest BCUT2D eigenvalue weighted by atomic mass is 35.5. The molecule has 1 aromatic heterocycles. The van der Waals surface area contributed by atoms with Gasteiger partial charge < -0.3 is 5.32 Å². The second kappa shape index (κ2) is 6.61. The SMILES string of the molecule is CCc1nn(C)cc1C(Cc1cc(Cl)ccc1Cl)NC. The van der Waals surface area contributed by atoms with E-state index in [9.17, 15) is 0 Å². The van der Waals surface area contributed by atoms with E-state index in [0.29, 0.717) is 5.02 Å². The van der Waals surface area contributed by atoms with Crippen molar-refractivity contribution in [2.24, 2.45) is 7.05 Å². The molecule has 5 heteroatoms. The molecule has 0 amide bonds. The highest BCUT2D eigenvalue weighted by molar-refractivity contribution is 6.33. The molecule has 0 spiro atoms. The van der Waals surface area contributed by atoms with Crippen molar-refractivity contribution in [1.29, 1.82) is 0 Å². The maximum Gasteiger partial charge on any atom is 0.0669 e. The van der Waals surface area contributed by atoms with Gasteiger partial charge in [0.2, 0.25) is 0 Å². The van der Waals surface area contributed by atoms with E-state index in [4.69, 9.17) is 23.2 Å². The largest absolute Gasteiger partial charge is 0.313 e. The molecule has 0 aliphatic rings. The maximum atomic E-state index is 6.26. The Morgan fingerprint density at radius 2 is 2.10 bits per heavy atom. The molecule has 0 saturated carbocycles. The summed E-state index contributed by atoms with van der Waals surface area (Å²) in [6.45, 7) is 2.12. The van der Waals surface area contributed by atoms with Crippen molar-refractivity contribution in [3.8, 4) is 0 Å². The van der Waals surface area contributed by atoms with E-state index < -0.39 is 0 Å². The third kappa shape index (κ3) is 3.35. The van der Waals surface area contributed by atoms with Gasteiger partial charge in [0, 0.05) is 34.9 Å². The molecule has 108 valence electrons. The first-order valence-electron chi connectivity index (χ1n) is 6.68. The van der Waals surface area contributed by atoms with E-state index in [-0.39, 0.29) is 6.04 Å². The third-order valence-corrected chi connectivity index (χ3v) is 4.03. The second-order valence-electron chi connectivity index (χ2n) is 4.84. The van der Waals surface area contributed by atoms with Gasteiger partial charge in [-0.2, -0.15) is 5.10 Å². The Balaban J connectivity index is 2.30. The summed E-state index contributed by atoms with van der Waals surface area (Å²) in [5.74, 6) is 0. The average molecular weight is 312 g/mol. The number of hydrogen-bond donors (Lipinski definition) is 1. The van der Waals surface area contributed by atoms with Crippen LogP contribution in [-0.2, 0) is 19.9 Å². The van der Waals surface area contributed by atoms with Crippen LogP contribution in [0, 0.1) is 0 Å². The fraction of sp³-hybridized carbons (Fsp3) is 0.400. The Labute approximate surface area is 129 Å². The molecule has 1 unspecified atom stereocenters. The summed E-state index contributed by atoms with van der Waals surface area (Å²) in [6.07, 6.45) is 3.77. The summed E-state index contributed by atoms with van der Waals surface area (Å²) in [5, 5.41) is 9.30. The highest BCUT2D eigenvalue weighted by Gasteiger charge is 2.18. The van der Waals surface area contributed by atoms with Crippen LogP contribution in [0.2, 0.25) is 10.0 Å². The van der Waals surface area contributed by atoms with Crippen molar-refractivity contribution in [3.05, 3.63) is 51.3 Å². The van der Waals surface area contributed by atoms with Gasteiger partial charge in [-0.15, -0.1) is 0 Å². The van der Waals surface area contributed by atoms with Gasteiger partial charge in [-0.1, -0.05) is 30.1 Å². The van der Waals surface area contributed by atoms with Gasteiger partial charge in [0.1, 0.15) is 0 Å². The fourth-order valence-corrected chi connectivity index (χ4v) is 2.80. The lowest BCUT2D eigenvalue weighted by atomic mass is 9.98. The van der Waals surface area contributed by atoms with Crippen LogP contribution in [-0.4, -0.2) is 16.8 Å². The topological polar surface area (TPSA) is 29.9 Å². The standard InChI is InChI=1S/C15H19Cl2N3/c1-4-14-12(9-20(3)19-14)15(18-2)8-10-7-11(16)5-6-13(10)17/h5-7,9,15,18H,4,8H2,1-3H3. The fourth-order valence-electron chi connectivity index (χ4n) is 2.41. The van der Waals surface area contributed by atoms with E-state index in [2.05, 4.69) is 23.5 Å². The van der Waals surface area contributed by atoms with E-state index in [1.54, 1.807) is 0 Å². The summed E-state index contributed by atoms with van der Waals surface area (Å²) in [7, 11) is 3.90. The summed E-state index contributed by atoms with van der Waals surface area (Å²) < 4.78 is 1.86. The maximum absolute atomic E-state index is 6.26. The lowest BCUT2D eigenvalue weighted by molar-refractivity contribution is 0.586. The van der Waals surface area contributed by atoms with Crippen LogP contribution in [0.5, 0.6) is 0 Å². The van der Waals surface area contributed by atoms with Crippen LogP contribution in [0.3, 0.4) is 0 Å². The van der Waals surface area contributed by atoms with Gasteiger partial charge in [0.05, 0.1) is 5.69 Å². The van der Waals surface area contributed by atoms with E-state index in [1.165, 1.54) is 5.56 Å². The molecular weight excluding hydrogens is 293 g/mol. The van der Waals surface area contributed by atoms with Gasteiger partial charge in [0.15, 0.2) is 0 Å². The molecule has 2 rings (SSSR count). The molecule has 1 atom stereocenters. The molecule has 1 aromatic carbocycles. The van der Waals surface area contributed by atoms with Gasteiger partial charge in [-0.25, -0.2) is 0 Å². The number of nitrogens with one attached hydrogen (secondary N) is 1. The number of rotatable bonds is 5. The molecule has 1 heterocycles. The van der Waals surface area contributed by atoms with E-state index in [0.717, 1.165) is 29.1 Å². The number of benzene rings is 1. The van der Waals surface area contributed by atoms with E-state index >= 15 is 0 Å². The summed E-state index contributed by atoms with van der Waals surface area (Å²) in [4.78, 5) is 0. The molecule has 3 nitrogen and oxygen atoms in total. The minimum Gasteiger partial charge on any atom is -0.313 e. The average Bonchev–Trinajstić information content (AvgIpc) is 2.80. The predicted octanol–water partition coefficient (Wildman–Crippen LogP) is 3.79. The first-order chi connectivity index (χ1) is 9.55. The summed E-state index contributed by atoms with van der Waals surface area (Å²) >= 11 is 12.3. The highest BCUT2D eigenvalue weighted by Crippen LogP contribution is 2.27. The van der Waals surface area contributed by atoms with Crippen molar-refractivity contribution in [3.63, 3.8) is 0 Å². The Kier molecular flexibility index (Phi) is 5.08. The monoisotopic (exact) mass is 311 g/mol. The molecular formula is C15H19Cl2N3. The Hall–Kier alpha value is -1.03. The zero-order valence-corrected chi connectivity index (χ0v) is 13.5. The lowest BCUT2D eigenvalue weighted by Crippen LogP contribution is -2.19. The van der Waals surface area contributed by atoms with Crippen LogP contribution >= 0.6 is 23.2 Å². The van der Waals surface area contributed by atoms with Gasteiger partial charge in [-0.3, -0.25) is 4.68 Å². The predicted molar refractivity (Wildman–Crippen MR) is 84.6 cm³/mol. The quantitative estimate of drug-likeness (QED) is 0.910. The number of nitrogens with zero attached hydrogens (tertiary/aromatic N) is 2. The van der Waals surface area contributed by atoms with E-state index in [1.807, 2.05) is 37.0 Å². The van der Waals surface area contributed by atoms with Crippen molar-refractivity contribution < 1.29 is 0 Å². The van der Waals surface area contributed by atoms with Crippen LogP contribution in [0.15, 0.2) is 24.4 Å². The molecule has 0 radical (unpaired) electrons. The van der Waals surface area contributed by atoms with Crippen molar-refractivity contribution in [1.82, 2.24) is 15.1 Å². The lowest BCUT2D eigenvalue weighted by Gasteiger charge is -2.17. The molecule has 0 aliphatic carbocycles. The van der Waals surface area contributed by atoms with Gasteiger partial charge in [-0.05, 0) is 43.7 Å². The molecule has 1 N–H and O–H groups in total. The zero-order chi connectivity index (χ0) is 14.7. The van der Waals surface area contributed by atoms with Gasteiger partial charge >= 0.3 is 0 Å². The Morgan fingerprint density at radius 3 is 2.75 bits per heavy atom. The number of likely N-dealkylation sites (N-methyl/N-ethyl adjacent to an activating group) is 1. The van der Waals surface area contributed by atoms with Crippen molar-refractivity contribution in [2.75, 3.05) is 7.05 Å². The molecule has 0 aliphatic heterocycles. The first-order valence-corrected chi connectivity index (χ1v) is 7.44. The number of aromatic nitrogens is 2. The normalized spacial score (nSPS) is 12.7. The Morgan fingerprint density at radius 1 is 1.35 bits per heavy atom. The van der Waals surface area contributed by atoms with Gasteiger partial charge in [0.25, 0.3) is 0 Å². The molecule has 20 heavy (non-hydrogen) atoms. The zero-order valence-electron chi connectivity index (χ0n) is 12.0. The second-order valence-corrected chi connectivity index (χ2v) is 5.68. The van der Waals surface area contributed by atoms with Crippen molar-refractivity contribution in [2.45, 2.75) is 25.8 Å². The third-order valence-electron chi connectivity index (χ3n) is 3.43. The first kappa shape index (κ1) is 15.4. The van der Waals surface area contributed by atoms with Crippen LogP contribution in [0.1, 0.15) is 29.8 Å². The number of hydrogen-bond acceptors (Lipinski definition) is 2. The molecule has 0 fully saturated rings. The minimum absolute atomic E-state index is 0.176. The van der Waals surface area contributed by atoms with Crippen molar-refractivity contribution >= 4 is 23.2 Å². The number of halogens is 2. The minimum atomic E-state index is 0.176. The van der Waals surface area contributed by atoms with Crippen LogP contribution < -0.4 is 5.32 Å². The number of aryl methyl sites for hydroxylation is 2. The summed E-state index contributed by atoms with van der Waals surface area (Å²) in [5.41, 5.74) is 3.38. The molecule has 0 saturated heterocycles. The van der Waals surface area contributed by atoms with Crippen LogP contribution in [0.25, 0.3) is 0 Å². The molecule has 2 aromatic rings.